The van der Waals surface area contributed by atoms with Crippen molar-refractivity contribution in [1.82, 2.24) is 19.1 Å². The fourth-order valence-corrected chi connectivity index (χ4v) is 3.34. The molecule has 0 radical (unpaired) electrons. The number of imidazole rings is 1. The van der Waals surface area contributed by atoms with Crippen LogP contribution in [0.2, 0.25) is 10.0 Å². The zero-order valence-corrected chi connectivity index (χ0v) is 18.1. The molecule has 2 aromatic carbocycles. The minimum Gasteiger partial charge on any atom is -0.388 e. The van der Waals surface area contributed by atoms with Crippen molar-refractivity contribution in [3.8, 4) is 17.1 Å². The number of aromatic amines is 1. The molecule has 4 rings (SSSR count). The number of methoxy groups -OCH3 is 1. The average molecular weight is 461 g/mol. The Morgan fingerprint density at radius 2 is 1.71 bits per heavy atom. The molecule has 0 aliphatic rings. The van der Waals surface area contributed by atoms with Crippen LogP contribution in [-0.2, 0) is 16.1 Å². The molecule has 0 bridgehead atoms. The van der Waals surface area contributed by atoms with Gasteiger partial charge < -0.3 is 9.53 Å². The number of H-pyrrole nitrogens is 1. The molecular weight excluding hydrogens is 443 g/mol. The van der Waals surface area contributed by atoms with E-state index in [9.17, 15) is 14.4 Å². The molecule has 0 unspecified atom stereocenters. The van der Waals surface area contributed by atoms with E-state index in [0.717, 1.165) is 4.57 Å². The van der Waals surface area contributed by atoms with Gasteiger partial charge in [-0.3, -0.25) is 18.9 Å². The molecule has 8 nitrogen and oxygen atoms in total. The van der Waals surface area contributed by atoms with Crippen molar-refractivity contribution in [3.63, 3.8) is 0 Å². The predicted molar refractivity (Wildman–Crippen MR) is 120 cm³/mol. The molecule has 0 aliphatic carbocycles. The van der Waals surface area contributed by atoms with Crippen LogP contribution in [0.15, 0.2) is 58.1 Å². The number of fused-ring (bicyclic) bond motifs is 1. The van der Waals surface area contributed by atoms with E-state index < -0.39 is 11.2 Å². The van der Waals surface area contributed by atoms with Crippen LogP contribution in [0, 0.1) is 0 Å². The number of nitrogens with zero attached hydrogens (tertiary/aromatic N) is 3. The minimum atomic E-state index is -0.712. The first kappa shape index (κ1) is 22.5. The molecule has 160 valence electrons. The Balaban J connectivity index is 0.000000858. The van der Waals surface area contributed by atoms with Crippen molar-refractivity contribution in [3.05, 3.63) is 79.4 Å². The minimum absolute atomic E-state index is 0.0991. The van der Waals surface area contributed by atoms with Gasteiger partial charge in [0.15, 0.2) is 11.2 Å². The molecule has 10 heteroatoms. The molecular formula is C21H18Cl2N4O4. The van der Waals surface area contributed by atoms with Gasteiger partial charge in [-0.1, -0.05) is 35.3 Å². The SMILES string of the molecule is COC.O=CCn1c(=O)[nH]c2nc(-c3ccccc3Cl)n(-c3ccc(Cl)cc3)c2c1=O. The number of carbonyl (C=O) groups is 1. The number of rotatable bonds is 4. The Kier molecular flexibility index (Phi) is 7.06. The van der Waals surface area contributed by atoms with E-state index in [4.69, 9.17) is 23.2 Å². The molecule has 1 N–H and O–H groups in total. The number of hydrogen-bond acceptors (Lipinski definition) is 5. The monoisotopic (exact) mass is 460 g/mol. The van der Waals surface area contributed by atoms with Crippen molar-refractivity contribution < 1.29 is 9.53 Å². The zero-order chi connectivity index (χ0) is 22.5. The van der Waals surface area contributed by atoms with Crippen molar-refractivity contribution in [1.29, 1.82) is 0 Å². The fraction of sp³-hybridized carbons (Fsp3) is 0.143. The van der Waals surface area contributed by atoms with Crippen LogP contribution < -0.4 is 11.2 Å². The summed E-state index contributed by atoms with van der Waals surface area (Å²) in [6.45, 7) is -0.364. The van der Waals surface area contributed by atoms with Gasteiger partial charge in [-0.2, -0.15) is 0 Å². The third-order valence-corrected chi connectivity index (χ3v) is 4.83. The lowest BCUT2D eigenvalue weighted by molar-refractivity contribution is -0.108. The number of nitrogens with one attached hydrogen (secondary N) is 1. The summed E-state index contributed by atoms with van der Waals surface area (Å²) in [4.78, 5) is 43.1. The first-order valence-electron chi connectivity index (χ1n) is 9.03. The highest BCUT2D eigenvalue weighted by atomic mass is 35.5. The van der Waals surface area contributed by atoms with Crippen molar-refractivity contribution in [2.24, 2.45) is 0 Å². The molecule has 0 aliphatic heterocycles. The van der Waals surface area contributed by atoms with Gasteiger partial charge in [-0.15, -0.1) is 0 Å². The molecule has 2 heterocycles. The Hall–Kier alpha value is -3.20. The second-order valence-electron chi connectivity index (χ2n) is 6.35. The number of hydrogen-bond donors (Lipinski definition) is 1. The molecule has 0 fully saturated rings. The summed E-state index contributed by atoms with van der Waals surface area (Å²) in [6, 6.07) is 13.8. The maximum absolute atomic E-state index is 13.0. The highest BCUT2D eigenvalue weighted by Crippen LogP contribution is 2.31. The summed E-state index contributed by atoms with van der Waals surface area (Å²) >= 11 is 12.3. The topological polar surface area (TPSA) is 99.0 Å². The summed E-state index contributed by atoms with van der Waals surface area (Å²) in [6.07, 6.45) is 0.487. The van der Waals surface area contributed by atoms with Gasteiger partial charge in [0.1, 0.15) is 12.1 Å². The van der Waals surface area contributed by atoms with E-state index in [-0.39, 0.29) is 17.7 Å². The molecule has 0 saturated carbocycles. The number of benzene rings is 2. The summed E-state index contributed by atoms with van der Waals surface area (Å²) in [5.41, 5.74) is 0.0597. The lowest BCUT2D eigenvalue weighted by Gasteiger charge is -2.10. The smallest absolute Gasteiger partial charge is 0.330 e. The van der Waals surface area contributed by atoms with E-state index in [2.05, 4.69) is 14.7 Å². The van der Waals surface area contributed by atoms with Crippen LogP contribution in [0.3, 0.4) is 0 Å². The summed E-state index contributed by atoms with van der Waals surface area (Å²) in [7, 11) is 3.25. The molecule has 2 aromatic heterocycles. The normalized spacial score (nSPS) is 10.6. The van der Waals surface area contributed by atoms with E-state index in [1.54, 1.807) is 67.3 Å². The van der Waals surface area contributed by atoms with Gasteiger partial charge in [0.2, 0.25) is 0 Å². The van der Waals surface area contributed by atoms with Crippen LogP contribution in [0.1, 0.15) is 0 Å². The summed E-state index contributed by atoms with van der Waals surface area (Å²) < 4.78 is 6.66. The fourth-order valence-electron chi connectivity index (χ4n) is 3.00. The standard InChI is InChI=1S/C19H12Cl2N4O3.C2H6O/c20-11-5-7-12(8-6-11)25-15-16(23-19(28)24(9-10-26)18(15)27)22-17(25)13-3-1-2-4-14(13)21;1-3-2/h1-8,10H,9H2,(H,23,28);1-2H3. The van der Waals surface area contributed by atoms with Crippen LogP contribution in [0.5, 0.6) is 0 Å². The maximum atomic E-state index is 13.0. The third kappa shape index (κ3) is 4.46. The van der Waals surface area contributed by atoms with Crippen molar-refractivity contribution >= 4 is 40.7 Å². The van der Waals surface area contributed by atoms with Crippen LogP contribution in [-0.4, -0.2) is 39.6 Å². The van der Waals surface area contributed by atoms with Gasteiger partial charge >= 0.3 is 5.69 Å². The van der Waals surface area contributed by atoms with E-state index in [0.29, 0.717) is 33.4 Å². The van der Waals surface area contributed by atoms with Crippen LogP contribution in [0.4, 0.5) is 0 Å². The number of ether oxygens (including phenoxy) is 1. The number of aldehydes is 1. The van der Waals surface area contributed by atoms with E-state index >= 15 is 0 Å². The second kappa shape index (κ2) is 9.74. The molecule has 0 spiro atoms. The highest BCUT2D eigenvalue weighted by molar-refractivity contribution is 6.33. The van der Waals surface area contributed by atoms with E-state index in [1.807, 2.05) is 0 Å². The largest absolute Gasteiger partial charge is 0.388 e. The van der Waals surface area contributed by atoms with Gasteiger partial charge in [0, 0.05) is 30.5 Å². The quantitative estimate of drug-likeness (QED) is 0.471. The zero-order valence-electron chi connectivity index (χ0n) is 16.6. The molecule has 0 saturated heterocycles. The van der Waals surface area contributed by atoms with E-state index in [1.165, 1.54) is 0 Å². The third-order valence-electron chi connectivity index (χ3n) is 4.25. The molecule has 31 heavy (non-hydrogen) atoms. The van der Waals surface area contributed by atoms with Crippen molar-refractivity contribution in [2.75, 3.05) is 14.2 Å². The molecule has 0 atom stereocenters. The first-order chi connectivity index (χ1) is 14.9. The highest BCUT2D eigenvalue weighted by Gasteiger charge is 2.21. The van der Waals surface area contributed by atoms with Gasteiger partial charge in [-0.25, -0.2) is 9.78 Å². The second-order valence-corrected chi connectivity index (χ2v) is 7.19. The summed E-state index contributed by atoms with van der Waals surface area (Å²) in [5.74, 6) is 0.375. The van der Waals surface area contributed by atoms with Crippen LogP contribution in [0.25, 0.3) is 28.2 Å². The molecule has 4 aromatic rings. The first-order valence-corrected chi connectivity index (χ1v) is 9.78. The lowest BCUT2D eigenvalue weighted by Crippen LogP contribution is -2.36. The lowest BCUT2D eigenvalue weighted by atomic mass is 10.2. The Morgan fingerprint density at radius 1 is 1.06 bits per heavy atom. The van der Waals surface area contributed by atoms with Crippen molar-refractivity contribution in [2.45, 2.75) is 6.54 Å². The summed E-state index contributed by atoms with van der Waals surface area (Å²) in [5, 5.41) is 0.961. The Bertz CT molecular complexity index is 1340. The Morgan fingerprint density at radius 3 is 2.32 bits per heavy atom. The van der Waals surface area contributed by atoms with Gasteiger partial charge in [0.05, 0.1) is 11.6 Å². The predicted octanol–water partition coefficient (Wildman–Crippen LogP) is 3.31. The van der Waals surface area contributed by atoms with Gasteiger partial charge in [-0.05, 0) is 36.4 Å². The maximum Gasteiger partial charge on any atom is 0.330 e. The number of halogens is 2. The Labute approximate surface area is 186 Å². The number of aromatic nitrogens is 4. The van der Waals surface area contributed by atoms with Gasteiger partial charge in [0.25, 0.3) is 5.56 Å². The number of carbonyl (C=O) groups excluding carboxylic acids is 1. The average Bonchev–Trinajstić information content (AvgIpc) is 3.11. The van der Waals surface area contributed by atoms with Crippen LogP contribution >= 0.6 is 23.2 Å². The molecule has 0 amide bonds.